The Hall–Kier alpha value is -2.79. The lowest BCUT2D eigenvalue weighted by Gasteiger charge is -2.56. The van der Waals surface area contributed by atoms with Crippen LogP contribution in [0.15, 0.2) is 59.4 Å². The molecule has 0 unspecified atom stereocenters. The van der Waals surface area contributed by atoms with Gasteiger partial charge in [-0.3, -0.25) is 0 Å². The molecule has 0 radical (unpaired) electrons. The van der Waals surface area contributed by atoms with Crippen molar-refractivity contribution in [3.63, 3.8) is 0 Å². The van der Waals surface area contributed by atoms with Gasteiger partial charge in [0.2, 0.25) is 0 Å². The molecule has 1 aromatic carbocycles. The van der Waals surface area contributed by atoms with E-state index in [0.29, 0.717) is 11.5 Å². The number of allylic oxidation sites excluding steroid dienone is 6. The van der Waals surface area contributed by atoms with Crippen molar-refractivity contribution in [3.05, 3.63) is 65.5 Å². The number of phenols is 1. The maximum Gasteiger partial charge on any atom is 0.123 e. The summed E-state index contributed by atoms with van der Waals surface area (Å²) in [6, 6.07) is 6.41. The smallest absolute Gasteiger partial charge is 0.123 e. The zero-order chi connectivity index (χ0) is 26.2. The Morgan fingerprint density at radius 1 is 1.26 bits per heavy atom. The van der Waals surface area contributed by atoms with Crippen LogP contribution in [0.1, 0.15) is 71.9 Å². The molecule has 5 heteroatoms. The van der Waals surface area contributed by atoms with Gasteiger partial charge in [-0.1, -0.05) is 51.6 Å². The minimum absolute atomic E-state index is 0.277. The van der Waals surface area contributed by atoms with Gasteiger partial charge in [0.05, 0.1) is 0 Å². The first kappa shape index (κ1) is 28.4. The second kappa shape index (κ2) is 12.8. The number of hydrogen-bond donors (Lipinski definition) is 3. The Morgan fingerprint density at radius 3 is 2.40 bits per heavy atom. The van der Waals surface area contributed by atoms with Gasteiger partial charge in [-0.25, -0.2) is 4.99 Å². The molecule has 3 rings (SSSR count). The van der Waals surface area contributed by atoms with Crippen molar-refractivity contribution in [1.82, 2.24) is 15.5 Å². The van der Waals surface area contributed by atoms with Crippen LogP contribution >= 0.6 is 0 Å². The molecule has 5 nitrogen and oxygen atoms in total. The van der Waals surface area contributed by atoms with Gasteiger partial charge < -0.3 is 20.6 Å². The van der Waals surface area contributed by atoms with Crippen molar-refractivity contribution in [2.45, 2.75) is 66.8 Å². The van der Waals surface area contributed by atoms with E-state index in [1.54, 1.807) is 12.1 Å². The molecular weight excluding hydrogens is 432 g/mol. The van der Waals surface area contributed by atoms with Gasteiger partial charge in [-0.05, 0) is 73.8 Å². The van der Waals surface area contributed by atoms with E-state index < -0.39 is 0 Å². The highest BCUT2D eigenvalue weighted by atomic mass is 16.3. The molecule has 2 aliphatic rings. The number of amidine groups is 1. The Bertz CT molecular complexity index is 1000. The van der Waals surface area contributed by atoms with E-state index in [0.717, 1.165) is 45.8 Å². The van der Waals surface area contributed by atoms with Crippen LogP contribution < -0.4 is 10.6 Å². The highest BCUT2D eigenvalue weighted by molar-refractivity contribution is 5.81. The zero-order valence-electron chi connectivity index (χ0n) is 23.1. The van der Waals surface area contributed by atoms with E-state index in [1.807, 2.05) is 39.2 Å². The molecule has 1 saturated heterocycles. The molecule has 3 N–H and O–H groups in total. The molecule has 192 valence electrons. The van der Waals surface area contributed by atoms with Crippen LogP contribution in [-0.2, 0) is 0 Å². The summed E-state index contributed by atoms with van der Waals surface area (Å²) in [5.74, 6) is 1.34. The van der Waals surface area contributed by atoms with Gasteiger partial charge >= 0.3 is 0 Å². The molecule has 1 aromatic rings. The molecule has 1 saturated carbocycles. The summed E-state index contributed by atoms with van der Waals surface area (Å²) in [6.07, 6.45) is 9.14. The first-order chi connectivity index (χ1) is 16.7. The number of benzene rings is 1. The number of aromatic hydroxyl groups is 1. The van der Waals surface area contributed by atoms with Crippen molar-refractivity contribution in [2.24, 2.45) is 10.4 Å². The highest BCUT2D eigenvalue weighted by Gasteiger charge is 2.49. The topological polar surface area (TPSA) is 59.9 Å². The SMILES string of the molecule is C=C/C(=C\NC)c1ccc(/C(=C/C(C)=C(\C)N=C(C)N(C)C2CC3(CNC3)C2)CC)c(O)c1.CC. The van der Waals surface area contributed by atoms with E-state index in [4.69, 9.17) is 4.99 Å². The second-order valence-corrected chi connectivity index (χ2v) is 9.55. The molecule has 1 aliphatic carbocycles. The standard InChI is InChI=1S/C28H40N4O.C2H6/c1-8-22(26-11-10-24(13-27(26)33)23(9-2)16-29-6)12-19(3)20(4)31-21(5)32(7)25-14-28(15-25)17-30-18-28;1-2/h9-13,16,25,29-30,33H,2,8,14-15,17-18H2,1,3-7H3;1-2H3/b20-19+,22-12+,23-16+,31-21?;. The van der Waals surface area contributed by atoms with Crippen LogP contribution in [0.3, 0.4) is 0 Å². The number of nitrogens with one attached hydrogen (secondary N) is 2. The fraction of sp³-hybridized carbons (Fsp3) is 0.500. The van der Waals surface area contributed by atoms with Crippen molar-refractivity contribution in [2.75, 3.05) is 27.2 Å². The van der Waals surface area contributed by atoms with Crippen molar-refractivity contribution >= 4 is 17.0 Å². The summed E-state index contributed by atoms with van der Waals surface area (Å²) < 4.78 is 0. The molecule has 0 amide bonds. The van der Waals surface area contributed by atoms with Crippen molar-refractivity contribution < 1.29 is 5.11 Å². The van der Waals surface area contributed by atoms with Gasteiger partial charge in [0.15, 0.2) is 0 Å². The van der Waals surface area contributed by atoms with E-state index in [-0.39, 0.29) is 5.75 Å². The third-order valence-corrected chi connectivity index (χ3v) is 7.26. The fourth-order valence-electron chi connectivity index (χ4n) is 4.79. The molecule has 35 heavy (non-hydrogen) atoms. The Kier molecular flexibility index (Phi) is 10.4. The molecule has 1 heterocycles. The predicted molar refractivity (Wildman–Crippen MR) is 153 cm³/mol. The average molecular weight is 479 g/mol. The molecular formula is C30H46N4O. The minimum atomic E-state index is 0.277. The summed E-state index contributed by atoms with van der Waals surface area (Å²) in [7, 11) is 4.02. The first-order valence-electron chi connectivity index (χ1n) is 12.9. The van der Waals surface area contributed by atoms with E-state index >= 15 is 0 Å². The number of aliphatic imine (C=N–C) groups is 1. The highest BCUT2D eigenvalue weighted by Crippen LogP contribution is 2.46. The van der Waals surface area contributed by atoms with Crippen LogP contribution in [0.4, 0.5) is 0 Å². The number of hydrogen-bond acceptors (Lipinski definition) is 4. The Balaban J connectivity index is 0.00000210. The molecule has 0 atom stereocenters. The van der Waals surface area contributed by atoms with Crippen LogP contribution in [0.2, 0.25) is 0 Å². The number of rotatable bonds is 8. The molecule has 1 spiro atoms. The quantitative estimate of drug-likeness (QED) is 0.231. The minimum Gasteiger partial charge on any atom is -0.507 e. The summed E-state index contributed by atoms with van der Waals surface area (Å²) in [4.78, 5) is 7.26. The van der Waals surface area contributed by atoms with E-state index in [9.17, 15) is 5.11 Å². The second-order valence-electron chi connectivity index (χ2n) is 9.55. The van der Waals surface area contributed by atoms with E-state index in [1.165, 1.54) is 25.9 Å². The van der Waals surface area contributed by atoms with Crippen LogP contribution in [-0.4, -0.2) is 49.1 Å². The van der Waals surface area contributed by atoms with Crippen LogP contribution in [0.5, 0.6) is 5.75 Å². The van der Waals surface area contributed by atoms with Gasteiger partial charge in [-0.2, -0.15) is 0 Å². The maximum atomic E-state index is 10.8. The summed E-state index contributed by atoms with van der Waals surface area (Å²) in [5, 5.41) is 17.2. The summed E-state index contributed by atoms with van der Waals surface area (Å²) in [5.41, 5.74) is 6.49. The lowest BCUT2D eigenvalue weighted by Crippen LogP contribution is -2.65. The molecule has 0 bridgehead atoms. The van der Waals surface area contributed by atoms with Crippen molar-refractivity contribution in [3.8, 4) is 5.75 Å². The zero-order valence-corrected chi connectivity index (χ0v) is 23.1. The number of nitrogens with zero attached hydrogens (tertiary/aromatic N) is 2. The Labute approximate surface area is 213 Å². The molecule has 1 aliphatic heterocycles. The predicted octanol–water partition coefficient (Wildman–Crippen LogP) is 6.35. The fourth-order valence-corrected chi connectivity index (χ4v) is 4.79. The number of phenolic OH excluding ortho intramolecular Hbond substituents is 1. The largest absolute Gasteiger partial charge is 0.507 e. The van der Waals surface area contributed by atoms with Crippen LogP contribution in [0.25, 0.3) is 11.1 Å². The molecule has 2 fully saturated rings. The normalized spacial score (nSPS) is 18.6. The third-order valence-electron chi connectivity index (χ3n) is 7.26. The van der Waals surface area contributed by atoms with Crippen molar-refractivity contribution in [1.29, 1.82) is 0 Å². The Morgan fingerprint density at radius 2 is 1.91 bits per heavy atom. The maximum absolute atomic E-state index is 10.8. The lowest BCUT2D eigenvalue weighted by molar-refractivity contribution is -0.00459. The monoisotopic (exact) mass is 478 g/mol. The van der Waals surface area contributed by atoms with Gasteiger partial charge in [0.25, 0.3) is 0 Å². The van der Waals surface area contributed by atoms with E-state index in [2.05, 4.69) is 62.9 Å². The van der Waals surface area contributed by atoms with Gasteiger partial charge in [0, 0.05) is 50.7 Å². The first-order valence-corrected chi connectivity index (χ1v) is 12.9. The summed E-state index contributed by atoms with van der Waals surface area (Å²) >= 11 is 0. The average Bonchev–Trinajstić information content (AvgIpc) is 2.80. The van der Waals surface area contributed by atoms with Gasteiger partial charge in [0.1, 0.15) is 11.6 Å². The van der Waals surface area contributed by atoms with Gasteiger partial charge in [-0.15, -0.1) is 0 Å². The lowest BCUT2D eigenvalue weighted by atomic mass is 9.61. The molecule has 0 aromatic heterocycles. The summed E-state index contributed by atoms with van der Waals surface area (Å²) in [6.45, 7) is 18.6. The van der Waals surface area contributed by atoms with Crippen LogP contribution in [0, 0.1) is 5.41 Å². The third kappa shape index (κ3) is 6.66.